The molecule has 1 aromatic carbocycles. The topological polar surface area (TPSA) is 101 Å². The van der Waals surface area contributed by atoms with Crippen LogP contribution in [-0.4, -0.2) is 64.3 Å². The Morgan fingerprint density at radius 2 is 1.82 bits per heavy atom. The summed E-state index contributed by atoms with van der Waals surface area (Å²) in [7, 11) is 0. The molecule has 3 aliphatic rings. The molecule has 0 aliphatic carbocycles. The Morgan fingerprint density at radius 1 is 0.974 bits per heavy atom. The minimum Gasteiger partial charge on any atom is -0.493 e. The number of rotatable bonds is 4. The lowest BCUT2D eigenvalue weighted by Gasteiger charge is -2.40. The van der Waals surface area contributed by atoms with Crippen molar-refractivity contribution >= 4 is 11.8 Å². The van der Waals surface area contributed by atoms with E-state index in [-0.39, 0.29) is 17.2 Å². The van der Waals surface area contributed by atoms with Crippen molar-refractivity contribution < 1.29 is 14.3 Å². The molecule has 9 nitrogen and oxygen atoms in total. The zero-order chi connectivity index (χ0) is 26.2. The maximum absolute atomic E-state index is 13.4. The van der Waals surface area contributed by atoms with Crippen LogP contribution in [0.5, 0.6) is 5.75 Å². The molecular formula is C29H42N6O3. The molecule has 2 N–H and O–H groups in total. The van der Waals surface area contributed by atoms with E-state index < -0.39 is 0 Å². The van der Waals surface area contributed by atoms with Gasteiger partial charge in [0.25, 0.3) is 0 Å². The second-order valence-electron chi connectivity index (χ2n) is 11.1. The lowest BCUT2D eigenvalue weighted by molar-refractivity contribution is -0.135. The smallest absolute Gasteiger partial charge is 0.234 e. The van der Waals surface area contributed by atoms with Crippen LogP contribution in [0, 0.1) is 5.41 Å². The van der Waals surface area contributed by atoms with Gasteiger partial charge in [-0.05, 0) is 76.1 Å². The number of hydrogen-bond donors (Lipinski definition) is 2. The standard InChI is InChI=1S/C29H42N6O3/c36-27(31-21-26-33-32-25-12-2-1-7-17-35(25)26)22-34-18-14-29(15-19-34)13-6-5-10-23-9-3-4-11-24(23)38-20-8-16-30-28(29)37/h3-4,9,11H,1-2,5-8,10,12-22H2,(H,30,37)(H,31,36). The van der Waals surface area contributed by atoms with Gasteiger partial charge in [0.2, 0.25) is 11.8 Å². The predicted octanol–water partition coefficient (Wildman–Crippen LogP) is 3.01. The maximum atomic E-state index is 13.4. The molecule has 2 amide bonds. The highest BCUT2D eigenvalue weighted by Gasteiger charge is 2.40. The summed E-state index contributed by atoms with van der Waals surface area (Å²) in [4.78, 5) is 28.3. The SMILES string of the molecule is O=C(CN1CCC2(CCCCc3ccccc3OCCCNC2=O)CC1)NCc1nnc2n1CCCCC2. The molecule has 0 saturated carbocycles. The molecule has 1 aromatic heterocycles. The van der Waals surface area contributed by atoms with E-state index >= 15 is 0 Å². The monoisotopic (exact) mass is 522 g/mol. The summed E-state index contributed by atoms with van der Waals surface area (Å²) in [6.07, 6.45) is 10.7. The summed E-state index contributed by atoms with van der Waals surface area (Å²) in [6.45, 7) is 4.45. The van der Waals surface area contributed by atoms with Gasteiger partial charge in [0.05, 0.1) is 25.1 Å². The van der Waals surface area contributed by atoms with Gasteiger partial charge in [0, 0.05) is 19.5 Å². The van der Waals surface area contributed by atoms with Gasteiger partial charge in [-0.1, -0.05) is 31.0 Å². The Labute approximate surface area is 225 Å². The Balaban J connectivity index is 1.12. The van der Waals surface area contributed by atoms with Gasteiger partial charge >= 0.3 is 0 Å². The number of piperidine rings is 1. The molecule has 2 aromatic rings. The number of amides is 2. The number of benzene rings is 1. The number of aromatic nitrogens is 3. The number of aryl methyl sites for hydroxylation is 2. The van der Waals surface area contributed by atoms with E-state index in [0.717, 1.165) is 101 Å². The van der Waals surface area contributed by atoms with Gasteiger partial charge in [-0.15, -0.1) is 10.2 Å². The second-order valence-corrected chi connectivity index (χ2v) is 11.1. The number of likely N-dealkylation sites (tertiary alicyclic amines) is 1. The third-order valence-electron chi connectivity index (χ3n) is 8.48. The summed E-state index contributed by atoms with van der Waals surface area (Å²) < 4.78 is 8.17. The Morgan fingerprint density at radius 3 is 2.71 bits per heavy atom. The molecule has 4 heterocycles. The van der Waals surface area contributed by atoms with Crippen molar-refractivity contribution in [1.29, 1.82) is 0 Å². The largest absolute Gasteiger partial charge is 0.493 e. The first-order valence-corrected chi connectivity index (χ1v) is 14.5. The van der Waals surface area contributed by atoms with Gasteiger partial charge in [0.1, 0.15) is 11.6 Å². The Hall–Kier alpha value is -2.94. The van der Waals surface area contributed by atoms with Crippen LogP contribution in [0.4, 0.5) is 0 Å². The van der Waals surface area contributed by atoms with Crippen molar-refractivity contribution in [2.75, 3.05) is 32.8 Å². The highest BCUT2D eigenvalue weighted by Crippen LogP contribution is 2.37. The van der Waals surface area contributed by atoms with Crippen LogP contribution in [0.15, 0.2) is 24.3 Å². The highest BCUT2D eigenvalue weighted by atomic mass is 16.5. The number of fused-ring (bicyclic) bond motifs is 2. The summed E-state index contributed by atoms with van der Waals surface area (Å²) in [5.74, 6) is 3.03. The van der Waals surface area contributed by atoms with E-state index in [4.69, 9.17) is 4.74 Å². The Bertz CT molecular complexity index is 1090. The van der Waals surface area contributed by atoms with Crippen molar-refractivity contribution in [2.45, 2.75) is 83.7 Å². The van der Waals surface area contributed by atoms with Gasteiger partial charge in [-0.3, -0.25) is 14.5 Å². The lowest BCUT2D eigenvalue weighted by atomic mass is 9.73. The van der Waals surface area contributed by atoms with E-state index in [1.165, 1.54) is 12.0 Å². The van der Waals surface area contributed by atoms with Crippen molar-refractivity contribution in [1.82, 2.24) is 30.3 Å². The fourth-order valence-electron chi connectivity index (χ4n) is 6.12. The molecule has 1 spiro atoms. The molecule has 0 unspecified atom stereocenters. The summed E-state index contributed by atoms with van der Waals surface area (Å²) in [5, 5.41) is 14.9. The molecule has 3 aliphatic heterocycles. The van der Waals surface area contributed by atoms with E-state index in [0.29, 0.717) is 26.2 Å². The number of nitrogens with zero attached hydrogens (tertiary/aromatic N) is 4. The predicted molar refractivity (Wildman–Crippen MR) is 145 cm³/mol. The molecule has 1 fully saturated rings. The third kappa shape index (κ3) is 6.54. The average Bonchev–Trinajstić information content (AvgIpc) is 3.16. The van der Waals surface area contributed by atoms with Crippen LogP contribution >= 0.6 is 0 Å². The van der Waals surface area contributed by atoms with Crippen molar-refractivity contribution in [3.8, 4) is 5.75 Å². The first-order chi connectivity index (χ1) is 18.6. The van der Waals surface area contributed by atoms with Crippen LogP contribution in [0.1, 0.15) is 75.0 Å². The number of nitrogens with one attached hydrogen (secondary N) is 2. The van der Waals surface area contributed by atoms with Crippen LogP contribution < -0.4 is 15.4 Å². The van der Waals surface area contributed by atoms with E-state index in [1.54, 1.807) is 0 Å². The number of hydrogen-bond acceptors (Lipinski definition) is 6. The first-order valence-electron chi connectivity index (χ1n) is 14.5. The van der Waals surface area contributed by atoms with E-state index in [2.05, 4.69) is 42.4 Å². The first kappa shape index (κ1) is 26.7. The van der Waals surface area contributed by atoms with E-state index in [1.807, 2.05) is 12.1 Å². The van der Waals surface area contributed by atoms with E-state index in [9.17, 15) is 9.59 Å². The maximum Gasteiger partial charge on any atom is 0.234 e. The van der Waals surface area contributed by atoms with Crippen LogP contribution in [0.25, 0.3) is 0 Å². The number of carbonyl (C=O) groups is 2. The zero-order valence-electron chi connectivity index (χ0n) is 22.6. The number of para-hydroxylation sites is 1. The molecule has 206 valence electrons. The molecule has 9 heteroatoms. The van der Waals surface area contributed by atoms with Crippen LogP contribution in [-0.2, 0) is 35.5 Å². The summed E-state index contributed by atoms with van der Waals surface area (Å²) in [6, 6.07) is 8.28. The van der Waals surface area contributed by atoms with Crippen LogP contribution in [0.3, 0.4) is 0 Å². The fraction of sp³-hybridized carbons (Fsp3) is 0.655. The molecular weight excluding hydrogens is 480 g/mol. The normalized spacial score (nSPS) is 20.9. The molecule has 38 heavy (non-hydrogen) atoms. The summed E-state index contributed by atoms with van der Waals surface area (Å²) >= 11 is 0. The lowest BCUT2D eigenvalue weighted by Crippen LogP contribution is -2.50. The summed E-state index contributed by atoms with van der Waals surface area (Å²) in [5.41, 5.74) is 0.906. The average molecular weight is 523 g/mol. The molecule has 0 radical (unpaired) electrons. The van der Waals surface area contributed by atoms with Crippen molar-refractivity contribution in [3.63, 3.8) is 0 Å². The van der Waals surface area contributed by atoms with Crippen LogP contribution in [0.2, 0.25) is 0 Å². The van der Waals surface area contributed by atoms with Gasteiger partial charge in [-0.25, -0.2) is 0 Å². The van der Waals surface area contributed by atoms with Crippen molar-refractivity contribution in [3.05, 3.63) is 41.5 Å². The molecule has 0 bridgehead atoms. The Kier molecular flexibility index (Phi) is 8.94. The fourth-order valence-corrected chi connectivity index (χ4v) is 6.12. The number of ether oxygens (including phenoxy) is 1. The molecule has 0 atom stereocenters. The molecule has 5 rings (SSSR count). The van der Waals surface area contributed by atoms with Crippen molar-refractivity contribution in [2.24, 2.45) is 5.41 Å². The quantitative estimate of drug-likeness (QED) is 0.640. The third-order valence-corrected chi connectivity index (χ3v) is 8.48. The molecule has 1 saturated heterocycles. The minimum absolute atomic E-state index is 0.00461. The van der Waals surface area contributed by atoms with Gasteiger partial charge < -0.3 is 19.9 Å². The zero-order valence-corrected chi connectivity index (χ0v) is 22.6. The second kappa shape index (κ2) is 12.7. The van der Waals surface area contributed by atoms with Gasteiger partial charge in [-0.2, -0.15) is 0 Å². The highest BCUT2D eigenvalue weighted by molar-refractivity contribution is 5.83. The van der Waals surface area contributed by atoms with Gasteiger partial charge in [0.15, 0.2) is 5.82 Å². The minimum atomic E-state index is -0.347. The number of carbonyl (C=O) groups excluding carboxylic acids is 2.